The van der Waals surface area contributed by atoms with Gasteiger partial charge in [-0.2, -0.15) is 0 Å². The van der Waals surface area contributed by atoms with E-state index >= 15 is 0 Å². The van der Waals surface area contributed by atoms with Crippen molar-refractivity contribution in [1.82, 2.24) is 4.90 Å². The van der Waals surface area contributed by atoms with Gasteiger partial charge in [-0.15, -0.1) is 0 Å². The summed E-state index contributed by atoms with van der Waals surface area (Å²) in [5, 5.41) is 0.861. The maximum absolute atomic E-state index is 12.4. The second kappa shape index (κ2) is 6.04. The average Bonchev–Trinajstić information content (AvgIpc) is 2.53. The SMILES string of the molecule is COc1ccc2c3c(c(=O)oc2c1OC)CN(CC(C)=O)CC3. The fraction of sp³-hybridized carbons (Fsp3) is 0.412. The highest BCUT2D eigenvalue weighted by molar-refractivity contribution is 5.89. The maximum Gasteiger partial charge on any atom is 0.341 e. The fourth-order valence-corrected chi connectivity index (χ4v) is 3.15. The molecule has 1 aromatic carbocycles. The molecule has 0 atom stereocenters. The zero-order valence-corrected chi connectivity index (χ0v) is 13.5. The molecular weight excluding hydrogens is 298 g/mol. The van der Waals surface area contributed by atoms with Gasteiger partial charge in [0.15, 0.2) is 11.3 Å². The summed E-state index contributed by atoms with van der Waals surface area (Å²) in [4.78, 5) is 25.7. The molecule has 0 saturated heterocycles. The van der Waals surface area contributed by atoms with Crippen molar-refractivity contribution in [2.45, 2.75) is 19.9 Å². The van der Waals surface area contributed by atoms with E-state index in [1.54, 1.807) is 14.0 Å². The maximum atomic E-state index is 12.4. The van der Waals surface area contributed by atoms with Crippen molar-refractivity contribution < 1.29 is 18.7 Å². The van der Waals surface area contributed by atoms with Gasteiger partial charge in [0, 0.05) is 18.5 Å². The van der Waals surface area contributed by atoms with Crippen molar-refractivity contribution in [1.29, 1.82) is 0 Å². The van der Waals surface area contributed by atoms with Crippen LogP contribution in [0.5, 0.6) is 11.5 Å². The van der Waals surface area contributed by atoms with E-state index in [2.05, 4.69) is 0 Å². The Balaban J connectivity index is 2.15. The van der Waals surface area contributed by atoms with E-state index in [1.165, 1.54) is 7.11 Å². The van der Waals surface area contributed by atoms with E-state index in [1.807, 2.05) is 17.0 Å². The minimum absolute atomic E-state index is 0.0880. The summed E-state index contributed by atoms with van der Waals surface area (Å²) in [5.74, 6) is 1.04. The van der Waals surface area contributed by atoms with E-state index in [0.29, 0.717) is 42.2 Å². The Labute approximate surface area is 133 Å². The number of ether oxygens (including phenoxy) is 2. The number of carbonyl (C=O) groups excluding carboxylic acids is 1. The van der Waals surface area contributed by atoms with Crippen LogP contribution < -0.4 is 15.1 Å². The van der Waals surface area contributed by atoms with Crippen LogP contribution in [0.2, 0.25) is 0 Å². The molecule has 0 aliphatic carbocycles. The second-order valence-electron chi connectivity index (χ2n) is 5.69. The van der Waals surface area contributed by atoms with Crippen molar-refractivity contribution in [3.8, 4) is 11.5 Å². The Hall–Kier alpha value is -2.34. The van der Waals surface area contributed by atoms with Crippen molar-refractivity contribution in [2.24, 2.45) is 0 Å². The summed E-state index contributed by atoms with van der Waals surface area (Å²) < 4.78 is 16.1. The molecule has 2 aromatic rings. The second-order valence-corrected chi connectivity index (χ2v) is 5.69. The summed E-state index contributed by atoms with van der Waals surface area (Å²) in [6.45, 7) is 3.07. The van der Waals surface area contributed by atoms with E-state index in [4.69, 9.17) is 13.9 Å². The third-order valence-corrected chi connectivity index (χ3v) is 4.14. The highest BCUT2D eigenvalue weighted by atomic mass is 16.5. The lowest BCUT2D eigenvalue weighted by molar-refractivity contribution is -0.118. The lowest BCUT2D eigenvalue weighted by atomic mass is 9.97. The molecule has 1 aromatic heterocycles. The predicted molar refractivity (Wildman–Crippen MR) is 85.3 cm³/mol. The third-order valence-electron chi connectivity index (χ3n) is 4.14. The molecule has 0 saturated carbocycles. The van der Waals surface area contributed by atoms with Gasteiger partial charge in [0.1, 0.15) is 5.78 Å². The predicted octanol–water partition coefficient (Wildman–Crippen LogP) is 1.76. The van der Waals surface area contributed by atoms with Gasteiger partial charge < -0.3 is 13.9 Å². The van der Waals surface area contributed by atoms with Crippen LogP contribution in [0.3, 0.4) is 0 Å². The number of hydrogen-bond donors (Lipinski definition) is 0. The zero-order valence-electron chi connectivity index (χ0n) is 13.5. The molecule has 0 unspecified atom stereocenters. The van der Waals surface area contributed by atoms with Gasteiger partial charge in [-0.3, -0.25) is 9.69 Å². The van der Waals surface area contributed by atoms with Crippen molar-refractivity contribution in [3.05, 3.63) is 33.7 Å². The van der Waals surface area contributed by atoms with Crippen LogP contribution in [0.4, 0.5) is 0 Å². The van der Waals surface area contributed by atoms with Crippen LogP contribution in [0, 0.1) is 0 Å². The number of carbonyl (C=O) groups is 1. The molecule has 0 bridgehead atoms. The molecule has 122 valence electrons. The molecule has 1 aliphatic heterocycles. The van der Waals surface area contributed by atoms with E-state index in [0.717, 1.165) is 17.5 Å². The number of rotatable bonds is 4. The normalized spacial score (nSPS) is 14.6. The largest absolute Gasteiger partial charge is 0.493 e. The van der Waals surface area contributed by atoms with E-state index < -0.39 is 0 Å². The molecule has 23 heavy (non-hydrogen) atoms. The van der Waals surface area contributed by atoms with Gasteiger partial charge in [0.05, 0.1) is 26.3 Å². The number of fused-ring (bicyclic) bond motifs is 3. The molecule has 2 heterocycles. The zero-order chi connectivity index (χ0) is 16.6. The third kappa shape index (κ3) is 2.70. The molecule has 0 radical (unpaired) electrons. The first-order chi connectivity index (χ1) is 11.0. The highest BCUT2D eigenvalue weighted by Gasteiger charge is 2.25. The molecule has 0 spiro atoms. The van der Waals surface area contributed by atoms with Gasteiger partial charge in [-0.1, -0.05) is 0 Å². The summed E-state index contributed by atoms with van der Waals surface area (Å²) in [6, 6.07) is 3.70. The summed E-state index contributed by atoms with van der Waals surface area (Å²) >= 11 is 0. The van der Waals surface area contributed by atoms with Gasteiger partial charge >= 0.3 is 5.63 Å². The Morgan fingerprint density at radius 3 is 2.70 bits per heavy atom. The molecule has 6 heteroatoms. The molecular formula is C17H19NO5. The summed E-state index contributed by atoms with van der Waals surface area (Å²) in [7, 11) is 3.06. The summed E-state index contributed by atoms with van der Waals surface area (Å²) in [5.41, 5.74) is 1.62. The number of methoxy groups -OCH3 is 2. The Morgan fingerprint density at radius 2 is 2.04 bits per heavy atom. The van der Waals surface area contributed by atoms with Crippen LogP contribution in [-0.2, 0) is 17.8 Å². The lowest BCUT2D eigenvalue weighted by Gasteiger charge is -2.27. The number of benzene rings is 1. The van der Waals surface area contributed by atoms with E-state index in [-0.39, 0.29) is 11.4 Å². The van der Waals surface area contributed by atoms with E-state index in [9.17, 15) is 9.59 Å². The lowest BCUT2D eigenvalue weighted by Crippen LogP contribution is -2.36. The monoisotopic (exact) mass is 317 g/mol. The van der Waals surface area contributed by atoms with Gasteiger partial charge in [0.25, 0.3) is 0 Å². The fourth-order valence-electron chi connectivity index (χ4n) is 3.15. The topological polar surface area (TPSA) is 69.0 Å². The van der Waals surface area contributed by atoms with Crippen LogP contribution in [0.1, 0.15) is 18.1 Å². The van der Waals surface area contributed by atoms with Gasteiger partial charge in [-0.05, 0) is 31.0 Å². The quantitative estimate of drug-likeness (QED) is 0.800. The van der Waals surface area contributed by atoms with Crippen LogP contribution in [-0.4, -0.2) is 38.0 Å². The Kier molecular flexibility index (Phi) is 4.09. The highest BCUT2D eigenvalue weighted by Crippen LogP contribution is 2.37. The Bertz CT molecular complexity index is 824. The molecule has 0 fully saturated rings. The number of hydrogen-bond acceptors (Lipinski definition) is 6. The molecule has 6 nitrogen and oxygen atoms in total. The minimum atomic E-state index is -0.382. The molecule has 0 amide bonds. The summed E-state index contributed by atoms with van der Waals surface area (Å²) in [6.07, 6.45) is 0.695. The first kappa shape index (κ1) is 15.6. The first-order valence-corrected chi connectivity index (χ1v) is 7.46. The van der Waals surface area contributed by atoms with Crippen molar-refractivity contribution >= 4 is 16.8 Å². The first-order valence-electron chi connectivity index (χ1n) is 7.46. The van der Waals surface area contributed by atoms with Crippen LogP contribution >= 0.6 is 0 Å². The number of Topliss-reactive ketones (excluding diaryl/α,β-unsaturated/α-hetero) is 1. The van der Waals surface area contributed by atoms with Gasteiger partial charge in [-0.25, -0.2) is 4.79 Å². The molecule has 1 aliphatic rings. The van der Waals surface area contributed by atoms with Crippen LogP contribution in [0.25, 0.3) is 11.0 Å². The van der Waals surface area contributed by atoms with Crippen molar-refractivity contribution in [3.63, 3.8) is 0 Å². The number of ketones is 1. The Morgan fingerprint density at radius 1 is 1.26 bits per heavy atom. The van der Waals surface area contributed by atoms with Crippen LogP contribution in [0.15, 0.2) is 21.3 Å². The van der Waals surface area contributed by atoms with Crippen molar-refractivity contribution in [2.75, 3.05) is 27.3 Å². The standard InChI is InChI=1S/C17H19NO5/c1-10(19)8-18-7-6-11-12-4-5-14(21-2)16(22-3)15(12)23-17(20)13(11)9-18/h4-5H,6-9H2,1-3H3. The minimum Gasteiger partial charge on any atom is -0.493 e. The molecule has 3 rings (SSSR count). The van der Waals surface area contributed by atoms with Gasteiger partial charge in [0.2, 0.25) is 5.75 Å². The molecule has 0 N–H and O–H groups in total. The smallest absolute Gasteiger partial charge is 0.341 e. The average molecular weight is 317 g/mol. The number of nitrogens with zero attached hydrogens (tertiary/aromatic N) is 1.